The third kappa shape index (κ3) is 2.86. The lowest BCUT2D eigenvalue weighted by Crippen LogP contribution is -2.13. The normalized spacial score (nSPS) is 9.89. The first-order chi connectivity index (χ1) is 9.08. The third-order valence-electron chi connectivity index (χ3n) is 2.45. The number of phenolic OH excluding ortho intramolecular Hbond substituents is 1. The number of phenols is 1. The van der Waals surface area contributed by atoms with Gasteiger partial charge in [0.2, 0.25) is 0 Å². The Bertz CT molecular complexity index is 626. The Hall–Kier alpha value is -2.89. The van der Waals surface area contributed by atoms with Gasteiger partial charge in [-0.1, -0.05) is 18.2 Å². The van der Waals surface area contributed by atoms with Crippen LogP contribution in [0.2, 0.25) is 0 Å². The van der Waals surface area contributed by atoms with Crippen molar-refractivity contribution in [2.24, 2.45) is 0 Å². The number of nitro benzene ring substituents is 1. The molecule has 2 rings (SSSR count). The van der Waals surface area contributed by atoms with E-state index in [1.165, 1.54) is 12.1 Å². The van der Waals surface area contributed by atoms with E-state index >= 15 is 0 Å². The maximum absolute atomic E-state index is 12.0. The Morgan fingerprint density at radius 1 is 1.16 bits per heavy atom. The summed E-state index contributed by atoms with van der Waals surface area (Å²) >= 11 is 0. The molecule has 0 aliphatic carbocycles. The molecule has 0 atom stereocenters. The molecule has 2 aromatic rings. The number of anilines is 1. The Morgan fingerprint density at radius 3 is 2.47 bits per heavy atom. The second-order valence-electron chi connectivity index (χ2n) is 3.78. The number of nitrogens with zero attached hydrogens (tertiary/aromatic N) is 1. The van der Waals surface area contributed by atoms with Gasteiger partial charge in [-0.05, 0) is 24.3 Å². The molecule has 1 amide bonds. The Labute approximate surface area is 108 Å². The number of hydrogen-bond acceptors (Lipinski definition) is 4. The monoisotopic (exact) mass is 258 g/mol. The van der Waals surface area contributed by atoms with E-state index in [1.807, 2.05) is 0 Å². The highest BCUT2D eigenvalue weighted by molar-refractivity contribution is 6.07. The van der Waals surface area contributed by atoms with Gasteiger partial charge in [0.05, 0.1) is 11.0 Å². The molecule has 0 aromatic heterocycles. The highest BCUT2D eigenvalue weighted by Gasteiger charge is 2.20. The molecule has 0 saturated carbocycles. The number of nitro groups is 1. The molecule has 0 radical (unpaired) electrons. The van der Waals surface area contributed by atoms with Gasteiger partial charge in [-0.2, -0.15) is 0 Å². The summed E-state index contributed by atoms with van der Waals surface area (Å²) in [6.07, 6.45) is 0. The molecule has 0 fully saturated rings. The first-order valence-electron chi connectivity index (χ1n) is 5.42. The molecular formula is C13H10N2O4. The molecule has 6 heteroatoms. The molecule has 2 aromatic carbocycles. The van der Waals surface area contributed by atoms with Crippen LogP contribution in [0.5, 0.6) is 5.75 Å². The highest BCUT2D eigenvalue weighted by Crippen LogP contribution is 2.24. The highest BCUT2D eigenvalue weighted by atomic mass is 16.6. The standard InChI is InChI=1S/C13H10N2O4/c16-10-6-7-11(12(8-10)15(18)19)13(17)14-9-4-2-1-3-5-9/h1-8,16H,(H,14,17). The minimum atomic E-state index is -0.709. The van der Waals surface area contributed by atoms with Crippen molar-refractivity contribution in [1.82, 2.24) is 0 Å². The van der Waals surface area contributed by atoms with Crippen LogP contribution in [0.1, 0.15) is 10.4 Å². The van der Waals surface area contributed by atoms with E-state index in [9.17, 15) is 20.0 Å². The van der Waals surface area contributed by atoms with E-state index in [4.69, 9.17) is 0 Å². The summed E-state index contributed by atoms with van der Waals surface area (Å²) in [5, 5.41) is 22.6. The Morgan fingerprint density at radius 2 is 1.84 bits per heavy atom. The van der Waals surface area contributed by atoms with Gasteiger partial charge in [0.1, 0.15) is 11.3 Å². The van der Waals surface area contributed by atoms with Crippen molar-refractivity contribution < 1.29 is 14.8 Å². The molecule has 0 heterocycles. The largest absolute Gasteiger partial charge is 0.508 e. The van der Waals surface area contributed by atoms with Crippen molar-refractivity contribution in [3.63, 3.8) is 0 Å². The molecule has 0 aliphatic rings. The molecule has 2 N–H and O–H groups in total. The van der Waals surface area contributed by atoms with Gasteiger partial charge in [-0.15, -0.1) is 0 Å². The maximum Gasteiger partial charge on any atom is 0.285 e. The summed E-state index contributed by atoms with van der Waals surface area (Å²) in [7, 11) is 0. The fourth-order valence-electron chi connectivity index (χ4n) is 1.58. The van der Waals surface area contributed by atoms with Crippen LogP contribution in [0, 0.1) is 10.1 Å². The SMILES string of the molecule is O=C(Nc1ccccc1)c1ccc(O)cc1[N+](=O)[O-]. The molecular weight excluding hydrogens is 248 g/mol. The average Bonchev–Trinajstić information content (AvgIpc) is 2.39. The number of carbonyl (C=O) groups excluding carboxylic acids is 1. The fourth-order valence-corrected chi connectivity index (χ4v) is 1.58. The number of nitrogens with one attached hydrogen (secondary N) is 1. The number of carbonyl (C=O) groups is 1. The van der Waals surface area contributed by atoms with Crippen LogP contribution in [-0.2, 0) is 0 Å². The van der Waals surface area contributed by atoms with E-state index in [0.717, 1.165) is 6.07 Å². The van der Waals surface area contributed by atoms with E-state index in [2.05, 4.69) is 5.32 Å². The second kappa shape index (κ2) is 5.18. The molecule has 0 bridgehead atoms. The van der Waals surface area contributed by atoms with E-state index in [-0.39, 0.29) is 11.3 Å². The van der Waals surface area contributed by atoms with Crippen molar-refractivity contribution >= 4 is 17.3 Å². The molecule has 0 aliphatic heterocycles. The van der Waals surface area contributed by atoms with Crippen LogP contribution >= 0.6 is 0 Å². The zero-order valence-corrected chi connectivity index (χ0v) is 9.74. The number of benzene rings is 2. The number of hydrogen-bond donors (Lipinski definition) is 2. The van der Waals surface area contributed by atoms with Crippen LogP contribution in [0.15, 0.2) is 48.5 Å². The van der Waals surface area contributed by atoms with Crippen molar-refractivity contribution in [2.75, 3.05) is 5.32 Å². The smallest absolute Gasteiger partial charge is 0.285 e. The van der Waals surface area contributed by atoms with Crippen LogP contribution in [-0.4, -0.2) is 15.9 Å². The van der Waals surface area contributed by atoms with Gasteiger partial charge < -0.3 is 10.4 Å². The first kappa shape index (κ1) is 12.6. The lowest BCUT2D eigenvalue weighted by atomic mass is 10.1. The van der Waals surface area contributed by atoms with Gasteiger partial charge in [0.15, 0.2) is 0 Å². The third-order valence-corrected chi connectivity index (χ3v) is 2.45. The number of amides is 1. The summed E-state index contributed by atoms with van der Waals surface area (Å²) in [5.41, 5.74) is -0.00467. The summed E-state index contributed by atoms with van der Waals surface area (Å²) in [5.74, 6) is -0.860. The van der Waals surface area contributed by atoms with Crippen molar-refractivity contribution in [1.29, 1.82) is 0 Å². The van der Waals surface area contributed by atoms with Gasteiger partial charge >= 0.3 is 0 Å². The first-order valence-corrected chi connectivity index (χ1v) is 5.42. The van der Waals surface area contributed by atoms with Crippen LogP contribution in [0.25, 0.3) is 0 Å². The fraction of sp³-hybridized carbons (Fsp3) is 0. The minimum absolute atomic E-state index is 0.105. The molecule has 0 unspecified atom stereocenters. The summed E-state index contributed by atoms with van der Waals surface area (Å²) in [6, 6.07) is 12.0. The number of para-hydroxylation sites is 1. The minimum Gasteiger partial charge on any atom is -0.508 e. The van der Waals surface area contributed by atoms with E-state index in [0.29, 0.717) is 5.69 Å². The lowest BCUT2D eigenvalue weighted by Gasteiger charge is -2.05. The predicted molar refractivity (Wildman–Crippen MR) is 69.2 cm³/mol. The maximum atomic E-state index is 12.0. The van der Waals surface area contributed by atoms with E-state index < -0.39 is 16.5 Å². The average molecular weight is 258 g/mol. The molecule has 19 heavy (non-hydrogen) atoms. The lowest BCUT2D eigenvalue weighted by molar-refractivity contribution is -0.385. The predicted octanol–water partition coefficient (Wildman–Crippen LogP) is 2.55. The van der Waals surface area contributed by atoms with Gasteiger partial charge in [-0.25, -0.2) is 0 Å². The Kier molecular flexibility index (Phi) is 3.42. The summed E-state index contributed by atoms with van der Waals surface area (Å²) < 4.78 is 0. The van der Waals surface area contributed by atoms with Crippen LogP contribution < -0.4 is 5.32 Å². The van der Waals surface area contributed by atoms with Crippen molar-refractivity contribution in [2.45, 2.75) is 0 Å². The van der Waals surface area contributed by atoms with Crippen molar-refractivity contribution in [3.8, 4) is 5.75 Å². The molecule has 0 spiro atoms. The van der Waals surface area contributed by atoms with Gasteiger partial charge in [0.25, 0.3) is 11.6 Å². The number of rotatable bonds is 3. The van der Waals surface area contributed by atoms with Crippen molar-refractivity contribution in [3.05, 3.63) is 64.2 Å². The zero-order valence-electron chi connectivity index (χ0n) is 9.74. The van der Waals surface area contributed by atoms with Gasteiger partial charge in [0, 0.05) is 5.69 Å². The summed E-state index contributed by atoms with van der Waals surface area (Å²) in [4.78, 5) is 22.1. The topological polar surface area (TPSA) is 92.5 Å². The van der Waals surface area contributed by atoms with Crippen LogP contribution in [0.3, 0.4) is 0 Å². The second-order valence-corrected chi connectivity index (χ2v) is 3.78. The quantitative estimate of drug-likeness (QED) is 0.653. The Balaban J connectivity index is 2.31. The van der Waals surface area contributed by atoms with Gasteiger partial charge in [-0.3, -0.25) is 14.9 Å². The van der Waals surface area contributed by atoms with Crippen LogP contribution in [0.4, 0.5) is 11.4 Å². The molecule has 96 valence electrons. The van der Waals surface area contributed by atoms with E-state index in [1.54, 1.807) is 30.3 Å². The molecule has 0 saturated heterocycles. The molecule has 6 nitrogen and oxygen atoms in total. The zero-order chi connectivity index (χ0) is 13.8. The summed E-state index contributed by atoms with van der Waals surface area (Å²) in [6.45, 7) is 0. The number of aromatic hydroxyl groups is 1.